The van der Waals surface area contributed by atoms with Crippen molar-refractivity contribution in [1.29, 1.82) is 0 Å². The number of nitrogens with one attached hydrogen (secondary N) is 1. The van der Waals surface area contributed by atoms with E-state index in [1.807, 2.05) is 6.08 Å². The third kappa shape index (κ3) is 21.7. The number of aliphatic hydroxyl groups excluding tert-OH is 5. The fraction of sp³-hybridized carbons (Fsp3) is 0.872. The van der Waals surface area contributed by atoms with Crippen LogP contribution in [-0.4, -0.2) is 87.5 Å². The van der Waals surface area contributed by atoms with Crippen molar-refractivity contribution >= 4 is 5.91 Å². The Morgan fingerprint density at radius 3 is 1.73 bits per heavy atom. The van der Waals surface area contributed by atoms with Crippen molar-refractivity contribution in [2.45, 2.75) is 204 Å². The van der Waals surface area contributed by atoms with Crippen molar-refractivity contribution < 1.29 is 39.8 Å². The quantitative estimate of drug-likeness (QED) is 0.0346. The molecule has 0 bridgehead atoms. The van der Waals surface area contributed by atoms with Crippen LogP contribution >= 0.6 is 0 Å². The molecule has 1 aliphatic rings. The number of carbonyl (C=O) groups is 1. The van der Waals surface area contributed by atoms with Gasteiger partial charge < -0.3 is 40.3 Å². The number of hydrogen-bond donors (Lipinski definition) is 6. The molecule has 1 saturated heterocycles. The average molecular weight is 684 g/mol. The summed E-state index contributed by atoms with van der Waals surface area (Å²) in [5, 5.41) is 53.7. The minimum Gasteiger partial charge on any atom is -0.394 e. The molecule has 282 valence electrons. The van der Waals surface area contributed by atoms with E-state index in [9.17, 15) is 30.3 Å². The molecule has 1 aliphatic heterocycles. The van der Waals surface area contributed by atoms with E-state index in [4.69, 9.17) is 9.47 Å². The Labute approximate surface area is 292 Å². The van der Waals surface area contributed by atoms with Gasteiger partial charge in [0.25, 0.3) is 0 Å². The first-order valence-electron chi connectivity index (χ1n) is 19.6. The Hall–Kier alpha value is -1.33. The highest BCUT2D eigenvalue weighted by Crippen LogP contribution is 2.22. The van der Waals surface area contributed by atoms with Crippen molar-refractivity contribution in [3.05, 3.63) is 24.3 Å². The molecular formula is C39H73NO8. The molecule has 1 rings (SSSR count). The molecule has 0 radical (unpaired) electrons. The van der Waals surface area contributed by atoms with E-state index < -0.39 is 49.5 Å². The Morgan fingerprint density at radius 1 is 0.688 bits per heavy atom. The predicted octanol–water partition coefficient (Wildman–Crippen LogP) is 6.77. The largest absolute Gasteiger partial charge is 0.394 e. The van der Waals surface area contributed by atoms with Crippen LogP contribution in [0.25, 0.3) is 0 Å². The molecule has 0 aliphatic carbocycles. The van der Waals surface area contributed by atoms with Crippen LogP contribution in [0.15, 0.2) is 24.3 Å². The van der Waals surface area contributed by atoms with Crippen LogP contribution in [0.2, 0.25) is 0 Å². The fourth-order valence-electron chi connectivity index (χ4n) is 6.04. The summed E-state index contributed by atoms with van der Waals surface area (Å²) in [6, 6.07) is -0.813. The van der Waals surface area contributed by atoms with Gasteiger partial charge in [0.2, 0.25) is 5.91 Å². The number of amides is 1. The Bertz CT molecular complexity index is 807. The van der Waals surface area contributed by atoms with Crippen LogP contribution in [0.3, 0.4) is 0 Å². The molecule has 7 unspecified atom stereocenters. The lowest BCUT2D eigenvalue weighted by Crippen LogP contribution is -2.60. The fourth-order valence-corrected chi connectivity index (χ4v) is 6.04. The summed E-state index contributed by atoms with van der Waals surface area (Å²) in [7, 11) is 0. The molecule has 0 aromatic carbocycles. The van der Waals surface area contributed by atoms with Gasteiger partial charge in [-0.2, -0.15) is 0 Å². The summed E-state index contributed by atoms with van der Waals surface area (Å²) in [6.45, 7) is 3.66. The van der Waals surface area contributed by atoms with Crippen LogP contribution in [0, 0.1) is 0 Å². The summed E-state index contributed by atoms with van der Waals surface area (Å²) in [5.41, 5.74) is 0. The molecule has 9 heteroatoms. The molecular weight excluding hydrogens is 610 g/mol. The third-order valence-electron chi connectivity index (χ3n) is 9.28. The van der Waals surface area contributed by atoms with Crippen LogP contribution in [0.5, 0.6) is 0 Å². The maximum atomic E-state index is 12.8. The first-order valence-corrected chi connectivity index (χ1v) is 19.6. The van der Waals surface area contributed by atoms with Gasteiger partial charge in [-0.1, -0.05) is 154 Å². The summed E-state index contributed by atoms with van der Waals surface area (Å²) in [6.07, 6.45) is 26.7. The van der Waals surface area contributed by atoms with Gasteiger partial charge in [-0.3, -0.25) is 4.79 Å². The maximum absolute atomic E-state index is 12.8. The zero-order valence-corrected chi connectivity index (χ0v) is 30.5. The second-order valence-corrected chi connectivity index (χ2v) is 13.7. The van der Waals surface area contributed by atoms with Crippen molar-refractivity contribution in [2.24, 2.45) is 0 Å². The Balaban J connectivity index is 2.36. The maximum Gasteiger partial charge on any atom is 0.220 e. The monoisotopic (exact) mass is 684 g/mol. The lowest BCUT2D eigenvalue weighted by atomic mass is 9.99. The number of hydrogen-bond acceptors (Lipinski definition) is 8. The lowest BCUT2D eigenvalue weighted by molar-refractivity contribution is -0.302. The summed E-state index contributed by atoms with van der Waals surface area (Å²) in [4.78, 5) is 12.8. The van der Waals surface area contributed by atoms with E-state index in [-0.39, 0.29) is 12.5 Å². The smallest absolute Gasteiger partial charge is 0.220 e. The van der Waals surface area contributed by atoms with Gasteiger partial charge in [0.05, 0.1) is 25.4 Å². The van der Waals surface area contributed by atoms with Crippen LogP contribution in [-0.2, 0) is 14.3 Å². The molecule has 0 aromatic heterocycles. The zero-order valence-electron chi connectivity index (χ0n) is 30.5. The van der Waals surface area contributed by atoms with Crippen molar-refractivity contribution in [1.82, 2.24) is 5.32 Å². The normalized spacial score (nSPS) is 22.9. The highest BCUT2D eigenvalue weighted by Gasteiger charge is 2.44. The minimum atomic E-state index is -1.57. The number of rotatable bonds is 31. The number of allylic oxidation sites excluding steroid dienone is 3. The van der Waals surface area contributed by atoms with Crippen molar-refractivity contribution in [3.63, 3.8) is 0 Å². The van der Waals surface area contributed by atoms with Gasteiger partial charge in [0.15, 0.2) is 6.29 Å². The van der Waals surface area contributed by atoms with Crippen molar-refractivity contribution in [2.75, 3.05) is 13.2 Å². The van der Waals surface area contributed by atoms with E-state index in [1.54, 1.807) is 6.08 Å². The number of unbranched alkanes of at least 4 members (excludes halogenated alkanes) is 19. The van der Waals surface area contributed by atoms with E-state index in [0.717, 1.165) is 44.9 Å². The van der Waals surface area contributed by atoms with Crippen LogP contribution in [0.4, 0.5) is 0 Å². The predicted molar refractivity (Wildman–Crippen MR) is 193 cm³/mol. The molecule has 7 atom stereocenters. The van der Waals surface area contributed by atoms with E-state index in [2.05, 4.69) is 31.3 Å². The lowest BCUT2D eigenvalue weighted by Gasteiger charge is -2.40. The van der Waals surface area contributed by atoms with E-state index >= 15 is 0 Å². The summed E-state index contributed by atoms with van der Waals surface area (Å²) < 4.78 is 11.1. The minimum absolute atomic E-state index is 0.190. The standard InChI is InChI=1S/C39H73NO8/c1-3-5-7-9-11-13-14-15-16-17-18-19-20-21-23-25-27-29-35(43)40-32(33(42)28-26-24-22-12-10-8-6-4-2)31-47-39-38(46)37(45)36(44)34(30-41)48-39/h10,12,26,28,32-34,36-39,41-42,44-46H,3-9,11,13-25,27,29-31H2,1-2H3,(H,40,43)/b12-10+,28-26+. The Morgan fingerprint density at radius 2 is 1.19 bits per heavy atom. The van der Waals surface area contributed by atoms with Crippen LogP contribution < -0.4 is 5.32 Å². The molecule has 0 saturated carbocycles. The van der Waals surface area contributed by atoms with Gasteiger partial charge in [0, 0.05) is 6.42 Å². The number of ether oxygens (including phenoxy) is 2. The molecule has 1 amide bonds. The highest BCUT2D eigenvalue weighted by atomic mass is 16.7. The molecule has 6 N–H and O–H groups in total. The molecule has 48 heavy (non-hydrogen) atoms. The zero-order chi connectivity index (χ0) is 35.2. The van der Waals surface area contributed by atoms with Gasteiger partial charge in [-0.05, 0) is 25.7 Å². The van der Waals surface area contributed by atoms with E-state index in [0.29, 0.717) is 6.42 Å². The first kappa shape index (κ1) is 44.7. The molecule has 9 nitrogen and oxygen atoms in total. The summed E-state index contributed by atoms with van der Waals surface area (Å²) >= 11 is 0. The van der Waals surface area contributed by atoms with Gasteiger partial charge >= 0.3 is 0 Å². The topological polar surface area (TPSA) is 149 Å². The highest BCUT2D eigenvalue weighted by molar-refractivity contribution is 5.76. The van der Waals surface area contributed by atoms with Crippen LogP contribution in [0.1, 0.15) is 162 Å². The number of aliphatic hydroxyl groups is 5. The number of carbonyl (C=O) groups excluding carboxylic acids is 1. The Kier molecular flexibility index (Phi) is 28.4. The molecule has 1 heterocycles. The molecule has 0 aromatic rings. The summed E-state index contributed by atoms with van der Waals surface area (Å²) in [5.74, 6) is -0.190. The van der Waals surface area contributed by atoms with Gasteiger partial charge in [0.1, 0.15) is 24.4 Å². The van der Waals surface area contributed by atoms with Gasteiger partial charge in [-0.15, -0.1) is 0 Å². The SMILES string of the molecule is CCCC/C=C/CC/C=C/C(O)C(COC1OC(CO)C(O)C(O)C1O)NC(=O)CCCCCCCCCCCCCCCCCCC. The second kappa shape index (κ2) is 30.5. The molecule has 1 fully saturated rings. The second-order valence-electron chi connectivity index (χ2n) is 13.7. The third-order valence-corrected chi connectivity index (χ3v) is 9.28. The van der Waals surface area contributed by atoms with Crippen molar-refractivity contribution in [3.8, 4) is 0 Å². The van der Waals surface area contributed by atoms with E-state index in [1.165, 1.54) is 96.3 Å². The molecule has 0 spiro atoms. The van der Waals surface area contributed by atoms with Gasteiger partial charge in [-0.25, -0.2) is 0 Å². The first-order chi connectivity index (χ1) is 23.3. The average Bonchev–Trinajstić information content (AvgIpc) is 3.08.